The van der Waals surface area contributed by atoms with Crippen molar-refractivity contribution in [2.45, 2.75) is 19.8 Å². The number of nitrogen functional groups attached to an aromatic ring is 1. The fourth-order valence-corrected chi connectivity index (χ4v) is 4.65. The SMILES string of the molecule is Cc1cccc(-c2nc(C(C)c3ccccc3C(=O)O)sc2-c2ccnc(N)c2)c1. The molecule has 0 bridgehead atoms. The van der Waals surface area contributed by atoms with Gasteiger partial charge in [0.15, 0.2) is 0 Å². The summed E-state index contributed by atoms with van der Waals surface area (Å²) in [6.45, 7) is 4.04. The van der Waals surface area contributed by atoms with Gasteiger partial charge < -0.3 is 10.8 Å². The van der Waals surface area contributed by atoms with Crippen molar-refractivity contribution in [1.29, 1.82) is 0 Å². The highest BCUT2D eigenvalue weighted by Gasteiger charge is 2.23. The summed E-state index contributed by atoms with van der Waals surface area (Å²) in [6.07, 6.45) is 1.69. The van der Waals surface area contributed by atoms with Crippen molar-refractivity contribution in [3.8, 4) is 21.7 Å². The van der Waals surface area contributed by atoms with Crippen LogP contribution < -0.4 is 5.73 Å². The Morgan fingerprint density at radius 2 is 1.87 bits per heavy atom. The number of carbonyl (C=O) groups is 1. The molecule has 4 rings (SSSR count). The molecule has 0 amide bonds. The Labute approximate surface area is 178 Å². The number of nitrogens with two attached hydrogens (primary N) is 1. The van der Waals surface area contributed by atoms with Gasteiger partial charge in [0.05, 0.1) is 16.1 Å². The highest BCUT2D eigenvalue weighted by atomic mass is 32.1. The summed E-state index contributed by atoms with van der Waals surface area (Å²) in [5.41, 5.74) is 10.9. The van der Waals surface area contributed by atoms with Crippen molar-refractivity contribution >= 4 is 23.1 Å². The van der Waals surface area contributed by atoms with E-state index in [9.17, 15) is 9.90 Å². The predicted molar refractivity (Wildman–Crippen MR) is 121 cm³/mol. The first-order valence-electron chi connectivity index (χ1n) is 9.56. The third-order valence-electron chi connectivity index (χ3n) is 5.01. The van der Waals surface area contributed by atoms with Gasteiger partial charge in [-0.25, -0.2) is 14.8 Å². The molecule has 0 aliphatic heterocycles. The van der Waals surface area contributed by atoms with E-state index >= 15 is 0 Å². The van der Waals surface area contributed by atoms with E-state index in [4.69, 9.17) is 10.7 Å². The summed E-state index contributed by atoms with van der Waals surface area (Å²) in [6, 6.07) is 19.0. The van der Waals surface area contributed by atoms with Crippen molar-refractivity contribution in [3.05, 3.63) is 88.6 Å². The van der Waals surface area contributed by atoms with Crippen molar-refractivity contribution in [3.63, 3.8) is 0 Å². The first-order chi connectivity index (χ1) is 14.4. The average molecular weight is 416 g/mol. The second-order valence-corrected chi connectivity index (χ2v) is 8.21. The molecule has 3 N–H and O–H groups in total. The summed E-state index contributed by atoms with van der Waals surface area (Å²) in [7, 11) is 0. The number of thiazole rings is 1. The molecule has 2 aromatic heterocycles. The maximum absolute atomic E-state index is 11.7. The maximum atomic E-state index is 11.7. The molecule has 6 heteroatoms. The minimum Gasteiger partial charge on any atom is -0.478 e. The van der Waals surface area contributed by atoms with E-state index in [1.165, 1.54) is 0 Å². The molecule has 2 aromatic carbocycles. The van der Waals surface area contributed by atoms with E-state index in [2.05, 4.69) is 11.1 Å². The maximum Gasteiger partial charge on any atom is 0.335 e. The molecule has 1 unspecified atom stereocenters. The van der Waals surface area contributed by atoms with Crippen LogP contribution in [0.4, 0.5) is 5.82 Å². The third kappa shape index (κ3) is 3.82. The van der Waals surface area contributed by atoms with Gasteiger partial charge in [0, 0.05) is 17.7 Å². The van der Waals surface area contributed by atoms with Crippen molar-refractivity contribution in [2.75, 3.05) is 5.73 Å². The van der Waals surface area contributed by atoms with Crippen LogP contribution >= 0.6 is 11.3 Å². The summed E-state index contributed by atoms with van der Waals surface area (Å²) in [5, 5.41) is 10.5. The minimum atomic E-state index is -0.935. The van der Waals surface area contributed by atoms with Crippen LogP contribution in [0.1, 0.15) is 39.3 Å². The lowest BCUT2D eigenvalue weighted by molar-refractivity contribution is 0.0695. The lowest BCUT2D eigenvalue weighted by Crippen LogP contribution is -2.06. The van der Waals surface area contributed by atoms with Gasteiger partial charge in [-0.05, 0) is 42.3 Å². The van der Waals surface area contributed by atoms with E-state index in [1.807, 2.05) is 56.3 Å². The lowest BCUT2D eigenvalue weighted by atomic mass is 9.96. The zero-order valence-electron chi connectivity index (χ0n) is 16.7. The Kier molecular flexibility index (Phi) is 5.33. The van der Waals surface area contributed by atoms with Crippen LogP contribution in [-0.4, -0.2) is 21.0 Å². The van der Waals surface area contributed by atoms with E-state index in [0.29, 0.717) is 11.4 Å². The van der Waals surface area contributed by atoms with Crippen LogP contribution in [-0.2, 0) is 0 Å². The zero-order chi connectivity index (χ0) is 21.3. The van der Waals surface area contributed by atoms with E-state index in [-0.39, 0.29) is 5.92 Å². The molecule has 5 nitrogen and oxygen atoms in total. The topological polar surface area (TPSA) is 89.1 Å². The molecular formula is C24H21N3O2S. The smallest absolute Gasteiger partial charge is 0.335 e. The average Bonchev–Trinajstić information content (AvgIpc) is 3.19. The number of hydrogen-bond acceptors (Lipinski definition) is 5. The summed E-state index contributed by atoms with van der Waals surface area (Å²) in [5.74, 6) is -0.657. The van der Waals surface area contributed by atoms with Gasteiger partial charge in [-0.15, -0.1) is 11.3 Å². The number of aromatic carboxylic acids is 1. The van der Waals surface area contributed by atoms with Gasteiger partial charge >= 0.3 is 5.97 Å². The summed E-state index contributed by atoms with van der Waals surface area (Å²) in [4.78, 5) is 21.8. The molecule has 1 atom stereocenters. The van der Waals surface area contributed by atoms with Crippen molar-refractivity contribution in [2.24, 2.45) is 0 Å². The number of pyridine rings is 1. The summed E-state index contributed by atoms with van der Waals surface area (Å²) >= 11 is 1.56. The Bertz CT molecular complexity index is 1170. The number of aromatic nitrogens is 2. The second kappa shape index (κ2) is 8.08. The second-order valence-electron chi connectivity index (χ2n) is 7.18. The molecule has 150 valence electrons. The first kappa shape index (κ1) is 19.8. The van der Waals surface area contributed by atoms with Gasteiger partial charge in [0.1, 0.15) is 10.8 Å². The normalized spacial score (nSPS) is 11.9. The number of aryl methyl sites for hydroxylation is 1. The number of benzene rings is 2. The molecule has 0 fully saturated rings. The van der Waals surface area contributed by atoms with E-state index in [0.717, 1.165) is 37.8 Å². The molecular weight excluding hydrogens is 394 g/mol. The van der Waals surface area contributed by atoms with Crippen LogP contribution in [0.2, 0.25) is 0 Å². The number of rotatable bonds is 5. The van der Waals surface area contributed by atoms with E-state index < -0.39 is 5.97 Å². The Morgan fingerprint density at radius 1 is 1.07 bits per heavy atom. The van der Waals surface area contributed by atoms with Gasteiger partial charge in [-0.3, -0.25) is 0 Å². The fraction of sp³-hybridized carbons (Fsp3) is 0.125. The van der Waals surface area contributed by atoms with Crippen molar-refractivity contribution in [1.82, 2.24) is 9.97 Å². The molecule has 0 saturated heterocycles. The van der Waals surface area contributed by atoms with Gasteiger partial charge in [0.25, 0.3) is 0 Å². The Morgan fingerprint density at radius 3 is 2.60 bits per heavy atom. The highest BCUT2D eigenvalue weighted by Crippen LogP contribution is 2.41. The number of anilines is 1. The van der Waals surface area contributed by atoms with Crippen LogP contribution in [0.25, 0.3) is 21.7 Å². The number of carboxylic acids is 1. The molecule has 30 heavy (non-hydrogen) atoms. The van der Waals surface area contributed by atoms with Crippen LogP contribution in [0.5, 0.6) is 0 Å². The predicted octanol–water partition coefficient (Wildman–Crippen LogP) is 5.61. The zero-order valence-corrected chi connectivity index (χ0v) is 17.5. The number of carboxylic acid groups (broad SMARTS) is 1. The summed E-state index contributed by atoms with van der Waals surface area (Å²) < 4.78 is 0. The molecule has 0 spiro atoms. The van der Waals surface area contributed by atoms with Crippen LogP contribution in [0.3, 0.4) is 0 Å². The molecule has 0 aliphatic carbocycles. The third-order valence-corrected chi connectivity index (χ3v) is 6.29. The van der Waals surface area contributed by atoms with E-state index in [1.54, 1.807) is 29.7 Å². The van der Waals surface area contributed by atoms with Crippen molar-refractivity contribution < 1.29 is 9.90 Å². The molecule has 2 heterocycles. The Balaban J connectivity index is 1.89. The largest absolute Gasteiger partial charge is 0.478 e. The highest BCUT2D eigenvalue weighted by molar-refractivity contribution is 7.15. The number of nitrogens with zero attached hydrogens (tertiary/aromatic N) is 2. The molecule has 4 aromatic rings. The molecule has 0 radical (unpaired) electrons. The number of hydrogen-bond donors (Lipinski definition) is 2. The fourth-order valence-electron chi connectivity index (χ4n) is 3.50. The van der Waals surface area contributed by atoms with Gasteiger partial charge in [-0.2, -0.15) is 0 Å². The minimum absolute atomic E-state index is 0.168. The lowest BCUT2D eigenvalue weighted by Gasteiger charge is -2.11. The molecule has 0 saturated carbocycles. The Hall–Kier alpha value is -3.51. The van der Waals surface area contributed by atoms with Gasteiger partial charge in [-0.1, -0.05) is 48.9 Å². The first-order valence-corrected chi connectivity index (χ1v) is 10.4. The quantitative estimate of drug-likeness (QED) is 0.442. The van der Waals surface area contributed by atoms with Crippen LogP contribution in [0.15, 0.2) is 66.9 Å². The van der Waals surface area contributed by atoms with Gasteiger partial charge in [0.2, 0.25) is 0 Å². The monoisotopic (exact) mass is 415 g/mol. The standard InChI is InChI=1S/C24H21N3O2S/c1-14-6-5-7-16(12-14)21-22(17-10-11-26-20(25)13-17)30-23(27-21)15(2)18-8-3-4-9-19(18)24(28)29/h3-13,15H,1-2H3,(H2,25,26)(H,28,29). The molecule has 0 aliphatic rings. The van der Waals surface area contributed by atoms with Crippen LogP contribution in [0, 0.1) is 6.92 Å².